The molecule has 0 aliphatic rings. The highest BCUT2D eigenvalue weighted by molar-refractivity contribution is 7.80. The molecule has 0 heterocycles. The first-order valence-electron chi connectivity index (χ1n) is 6.15. The monoisotopic (exact) mass is 280 g/mol. The van der Waals surface area contributed by atoms with Crippen molar-refractivity contribution in [1.82, 2.24) is 5.32 Å². The smallest absolute Gasteiger partial charge is 0.251 e. The van der Waals surface area contributed by atoms with Gasteiger partial charge in [-0.05, 0) is 24.3 Å². The Morgan fingerprint density at radius 2 is 1.95 bits per heavy atom. The van der Waals surface area contributed by atoms with Crippen molar-refractivity contribution in [3.8, 4) is 0 Å². The number of hydroxylamine groups is 1. The fourth-order valence-electron chi connectivity index (χ4n) is 1.32. The zero-order valence-electron chi connectivity index (χ0n) is 11.5. The fraction of sp³-hybridized carbons (Fsp3) is 0.429. The Morgan fingerprint density at radius 3 is 2.42 bits per heavy atom. The van der Waals surface area contributed by atoms with Gasteiger partial charge in [-0.2, -0.15) is 12.6 Å². The van der Waals surface area contributed by atoms with Gasteiger partial charge in [0, 0.05) is 44.2 Å². The van der Waals surface area contributed by atoms with Gasteiger partial charge in [-0.15, -0.1) is 0 Å². The van der Waals surface area contributed by atoms with Crippen LogP contribution in [-0.4, -0.2) is 34.7 Å². The molecule has 0 atom stereocenters. The molecule has 104 valence electrons. The third-order valence-corrected chi connectivity index (χ3v) is 2.72. The van der Waals surface area contributed by atoms with E-state index < -0.39 is 5.54 Å². The van der Waals surface area contributed by atoms with E-state index in [1.54, 1.807) is 24.3 Å². The standard InChI is InChI=1S/C14H20N2O2S/c1-14(2,3)16(18)10-11-4-6-12(7-5-11)13(17)15-8-9-19/h4-7,10,19H,8-9H2,1-3H3,(H,15,17)/b16-10-. The Labute approximate surface area is 119 Å². The van der Waals surface area contributed by atoms with Crippen LogP contribution < -0.4 is 5.32 Å². The van der Waals surface area contributed by atoms with Crippen LogP contribution >= 0.6 is 12.6 Å². The molecule has 1 amide bonds. The largest absolute Gasteiger partial charge is 0.623 e. The number of hydrogen-bond donors (Lipinski definition) is 2. The van der Waals surface area contributed by atoms with E-state index in [2.05, 4.69) is 17.9 Å². The minimum absolute atomic E-state index is 0.129. The van der Waals surface area contributed by atoms with Crippen molar-refractivity contribution in [1.29, 1.82) is 0 Å². The van der Waals surface area contributed by atoms with Crippen molar-refractivity contribution >= 4 is 24.8 Å². The topological polar surface area (TPSA) is 55.2 Å². The molecule has 0 aromatic heterocycles. The SMILES string of the molecule is CC(C)(C)/[N+]([O-])=C/c1ccc(C(=O)NCCS)cc1. The Bertz CT molecular complexity index is 461. The summed E-state index contributed by atoms with van der Waals surface area (Å²) in [6.07, 6.45) is 1.52. The molecule has 0 bridgehead atoms. The number of thiol groups is 1. The molecule has 1 rings (SSSR count). The summed E-state index contributed by atoms with van der Waals surface area (Å²) in [5, 5.41) is 14.5. The molecule has 0 radical (unpaired) electrons. The molecule has 4 nitrogen and oxygen atoms in total. The Balaban J connectivity index is 2.80. The quantitative estimate of drug-likeness (QED) is 0.292. The van der Waals surface area contributed by atoms with Gasteiger partial charge in [-0.3, -0.25) is 4.79 Å². The first-order valence-corrected chi connectivity index (χ1v) is 6.78. The number of rotatable bonds is 4. The van der Waals surface area contributed by atoms with Crippen molar-refractivity contribution in [3.05, 3.63) is 40.6 Å². The molecular formula is C14H20N2O2S. The average Bonchev–Trinajstić information content (AvgIpc) is 2.35. The van der Waals surface area contributed by atoms with Gasteiger partial charge in [-0.1, -0.05) is 0 Å². The van der Waals surface area contributed by atoms with Gasteiger partial charge < -0.3 is 10.5 Å². The van der Waals surface area contributed by atoms with E-state index in [-0.39, 0.29) is 5.91 Å². The first kappa shape index (κ1) is 15.6. The molecule has 1 aromatic carbocycles. The van der Waals surface area contributed by atoms with E-state index in [0.29, 0.717) is 17.9 Å². The number of hydrogen-bond acceptors (Lipinski definition) is 3. The molecule has 0 saturated heterocycles. The Kier molecular flexibility index (Phi) is 5.42. The highest BCUT2D eigenvalue weighted by atomic mass is 32.1. The molecule has 0 aliphatic carbocycles. The summed E-state index contributed by atoms with van der Waals surface area (Å²) in [5.74, 6) is 0.476. The highest BCUT2D eigenvalue weighted by Crippen LogP contribution is 2.07. The summed E-state index contributed by atoms with van der Waals surface area (Å²) in [5.41, 5.74) is 0.880. The number of nitrogens with zero attached hydrogens (tertiary/aromatic N) is 1. The molecule has 0 aliphatic heterocycles. The van der Waals surface area contributed by atoms with Crippen LogP contribution in [0.3, 0.4) is 0 Å². The number of benzene rings is 1. The zero-order chi connectivity index (χ0) is 14.5. The second-order valence-corrected chi connectivity index (χ2v) is 5.67. The fourth-order valence-corrected chi connectivity index (χ4v) is 1.43. The lowest BCUT2D eigenvalue weighted by Crippen LogP contribution is -2.29. The second kappa shape index (κ2) is 6.61. The van der Waals surface area contributed by atoms with Crippen molar-refractivity contribution < 1.29 is 9.53 Å². The number of amides is 1. The Hall–Kier alpha value is -1.49. The minimum Gasteiger partial charge on any atom is -0.623 e. The van der Waals surface area contributed by atoms with Crippen LogP contribution in [0.5, 0.6) is 0 Å². The van der Waals surface area contributed by atoms with Crippen LogP contribution in [0.4, 0.5) is 0 Å². The predicted octanol–water partition coefficient (Wildman–Crippen LogP) is 2.07. The summed E-state index contributed by atoms with van der Waals surface area (Å²) in [7, 11) is 0. The molecule has 0 fully saturated rings. The maximum Gasteiger partial charge on any atom is 0.251 e. The normalized spacial score (nSPS) is 12.3. The first-order chi connectivity index (χ1) is 8.84. The average molecular weight is 280 g/mol. The van der Waals surface area contributed by atoms with Crippen molar-refractivity contribution in [2.45, 2.75) is 26.3 Å². The molecule has 0 spiro atoms. The molecule has 1 N–H and O–H groups in total. The van der Waals surface area contributed by atoms with Gasteiger partial charge in [-0.25, -0.2) is 4.74 Å². The third-order valence-electron chi connectivity index (χ3n) is 2.50. The van der Waals surface area contributed by atoms with Crippen LogP contribution in [0.15, 0.2) is 24.3 Å². The van der Waals surface area contributed by atoms with E-state index in [4.69, 9.17) is 0 Å². The summed E-state index contributed by atoms with van der Waals surface area (Å²) in [6.45, 7) is 6.06. The van der Waals surface area contributed by atoms with E-state index in [9.17, 15) is 10.0 Å². The summed E-state index contributed by atoms with van der Waals surface area (Å²) < 4.78 is 0.906. The van der Waals surface area contributed by atoms with Gasteiger partial charge in [0.05, 0.1) is 0 Å². The predicted molar refractivity (Wildman–Crippen MR) is 81.2 cm³/mol. The van der Waals surface area contributed by atoms with E-state index >= 15 is 0 Å². The van der Waals surface area contributed by atoms with Crippen molar-refractivity contribution in [3.63, 3.8) is 0 Å². The number of carbonyl (C=O) groups is 1. The maximum absolute atomic E-state index is 11.8. The lowest BCUT2D eigenvalue weighted by Gasteiger charge is -2.18. The molecule has 1 aromatic rings. The van der Waals surface area contributed by atoms with Gasteiger partial charge in [0.1, 0.15) is 0 Å². The van der Waals surface area contributed by atoms with E-state index in [1.807, 2.05) is 20.8 Å². The van der Waals surface area contributed by atoms with Crippen LogP contribution in [0.25, 0.3) is 0 Å². The molecule has 0 unspecified atom stereocenters. The van der Waals surface area contributed by atoms with Crippen LogP contribution in [-0.2, 0) is 0 Å². The maximum atomic E-state index is 11.8. The van der Waals surface area contributed by atoms with Gasteiger partial charge in [0.25, 0.3) is 5.91 Å². The second-order valence-electron chi connectivity index (χ2n) is 5.23. The van der Waals surface area contributed by atoms with Crippen LogP contribution in [0.1, 0.15) is 36.7 Å². The number of carbonyl (C=O) groups excluding carboxylic acids is 1. The van der Waals surface area contributed by atoms with Gasteiger partial charge >= 0.3 is 0 Å². The Morgan fingerprint density at radius 1 is 1.37 bits per heavy atom. The number of nitrogens with one attached hydrogen (secondary N) is 1. The van der Waals surface area contributed by atoms with Crippen molar-refractivity contribution in [2.24, 2.45) is 0 Å². The van der Waals surface area contributed by atoms with E-state index in [1.165, 1.54) is 6.21 Å². The minimum atomic E-state index is -0.470. The summed E-state index contributed by atoms with van der Waals surface area (Å²) >= 11 is 4.03. The molecule has 0 saturated carbocycles. The summed E-state index contributed by atoms with van der Waals surface area (Å²) in [4.78, 5) is 11.7. The summed E-state index contributed by atoms with van der Waals surface area (Å²) in [6, 6.07) is 6.92. The highest BCUT2D eigenvalue weighted by Gasteiger charge is 2.18. The van der Waals surface area contributed by atoms with E-state index in [0.717, 1.165) is 10.3 Å². The van der Waals surface area contributed by atoms with Gasteiger partial charge in [0.2, 0.25) is 0 Å². The lowest BCUT2D eigenvalue weighted by atomic mass is 10.1. The zero-order valence-corrected chi connectivity index (χ0v) is 12.4. The molecule has 19 heavy (non-hydrogen) atoms. The lowest BCUT2D eigenvalue weighted by molar-refractivity contribution is -0.530. The molecule has 5 heteroatoms. The molecular weight excluding hydrogens is 260 g/mol. The third kappa shape index (κ3) is 4.95. The van der Waals surface area contributed by atoms with Gasteiger partial charge in [0.15, 0.2) is 11.8 Å². The van der Waals surface area contributed by atoms with Crippen LogP contribution in [0, 0.1) is 5.21 Å². The van der Waals surface area contributed by atoms with Crippen molar-refractivity contribution in [2.75, 3.05) is 12.3 Å². The van der Waals surface area contributed by atoms with Crippen LogP contribution in [0.2, 0.25) is 0 Å².